The van der Waals surface area contributed by atoms with Gasteiger partial charge in [-0.3, -0.25) is 15.2 Å². The van der Waals surface area contributed by atoms with Crippen LogP contribution in [0.2, 0.25) is 0 Å². The molecule has 23 heavy (non-hydrogen) atoms. The Morgan fingerprint density at radius 2 is 1.74 bits per heavy atom. The van der Waals surface area contributed by atoms with Gasteiger partial charge in [-0.05, 0) is 61.3 Å². The van der Waals surface area contributed by atoms with Crippen LogP contribution in [0, 0.1) is 0 Å². The number of aromatic nitrogens is 1. The van der Waals surface area contributed by atoms with Crippen LogP contribution in [0.1, 0.15) is 24.0 Å². The number of likely N-dealkylation sites (tertiary alicyclic amines) is 1. The van der Waals surface area contributed by atoms with Gasteiger partial charge in [-0.2, -0.15) is 0 Å². The van der Waals surface area contributed by atoms with E-state index in [1.54, 1.807) is 12.4 Å². The van der Waals surface area contributed by atoms with Gasteiger partial charge >= 0.3 is 6.09 Å². The maximum atomic E-state index is 11.8. The van der Waals surface area contributed by atoms with E-state index >= 15 is 0 Å². The maximum absolute atomic E-state index is 11.8. The molecule has 1 aromatic carbocycles. The van der Waals surface area contributed by atoms with E-state index in [4.69, 9.17) is 4.74 Å². The predicted octanol–water partition coefficient (Wildman–Crippen LogP) is 3.43. The molecule has 1 aliphatic heterocycles. The molecule has 1 saturated heterocycles. The molecule has 0 saturated carbocycles. The summed E-state index contributed by atoms with van der Waals surface area (Å²) in [5, 5.41) is 2.74. The minimum absolute atomic E-state index is 0.237. The van der Waals surface area contributed by atoms with Crippen molar-refractivity contribution in [2.24, 2.45) is 0 Å². The molecule has 1 fully saturated rings. The molecular formula is C18H21N3O2. The quantitative estimate of drug-likeness (QED) is 0.919. The monoisotopic (exact) mass is 311 g/mol. The number of hydrogen-bond donors (Lipinski definition) is 1. The summed E-state index contributed by atoms with van der Waals surface area (Å²) in [5.41, 5.74) is 2.92. The van der Waals surface area contributed by atoms with Gasteiger partial charge in [0.15, 0.2) is 0 Å². The Morgan fingerprint density at radius 3 is 2.43 bits per heavy atom. The second-order valence-electron chi connectivity index (χ2n) is 5.74. The number of ether oxygens (including phenoxy) is 1. The molecule has 2 aromatic rings. The van der Waals surface area contributed by atoms with Crippen molar-refractivity contribution < 1.29 is 9.53 Å². The van der Waals surface area contributed by atoms with Crippen LogP contribution in [0.3, 0.4) is 0 Å². The number of pyridine rings is 1. The van der Waals surface area contributed by atoms with Gasteiger partial charge in [0.25, 0.3) is 0 Å². The summed E-state index contributed by atoms with van der Waals surface area (Å²) < 4.78 is 5.18. The van der Waals surface area contributed by atoms with Crippen LogP contribution in [0.4, 0.5) is 10.5 Å². The first-order valence-corrected chi connectivity index (χ1v) is 7.93. The van der Waals surface area contributed by atoms with Crippen LogP contribution in [0.5, 0.6) is 0 Å². The van der Waals surface area contributed by atoms with E-state index in [0.717, 1.165) is 17.8 Å². The molecular weight excluding hydrogens is 290 g/mol. The lowest BCUT2D eigenvalue weighted by Crippen LogP contribution is -2.18. The van der Waals surface area contributed by atoms with Crippen molar-refractivity contribution in [3.8, 4) is 0 Å². The summed E-state index contributed by atoms with van der Waals surface area (Å²) in [6.07, 6.45) is 5.49. The smallest absolute Gasteiger partial charge is 0.411 e. The van der Waals surface area contributed by atoms with E-state index in [0.29, 0.717) is 0 Å². The van der Waals surface area contributed by atoms with Crippen molar-refractivity contribution in [3.63, 3.8) is 0 Å². The summed E-state index contributed by atoms with van der Waals surface area (Å²) in [5.74, 6) is 0. The Kier molecular flexibility index (Phi) is 5.21. The van der Waals surface area contributed by atoms with E-state index < -0.39 is 6.09 Å². The topological polar surface area (TPSA) is 54.5 Å². The van der Waals surface area contributed by atoms with Gasteiger partial charge in [-0.1, -0.05) is 12.1 Å². The molecule has 0 bridgehead atoms. The van der Waals surface area contributed by atoms with E-state index in [2.05, 4.69) is 27.3 Å². The number of carbonyl (C=O) groups excluding carboxylic acids is 1. The van der Waals surface area contributed by atoms with Gasteiger partial charge < -0.3 is 4.74 Å². The van der Waals surface area contributed by atoms with Crippen molar-refractivity contribution in [3.05, 3.63) is 59.9 Å². The van der Waals surface area contributed by atoms with E-state index in [1.807, 2.05) is 24.3 Å². The SMILES string of the molecule is O=C(Nc1ccc(CN2CCCC2)cc1)OCc1ccncc1. The zero-order chi connectivity index (χ0) is 15.9. The highest BCUT2D eigenvalue weighted by atomic mass is 16.5. The van der Waals surface area contributed by atoms with Crippen LogP contribution in [-0.4, -0.2) is 29.1 Å². The molecule has 3 rings (SSSR count). The van der Waals surface area contributed by atoms with Gasteiger partial charge in [-0.15, -0.1) is 0 Å². The number of benzene rings is 1. The highest BCUT2D eigenvalue weighted by Crippen LogP contribution is 2.15. The number of carbonyl (C=O) groups is 1. The molecule has 0 spiro atoms. The standard InChI is InChI=1S/C18H21N3O2/c22-18(23-14-16-7-9-19-10-8-16)20-17-5-3-15(4-6-17)13-21-11-1-2-12-21/h3-10H,1-2,11-14H2,(H,20,22). The number of hydrogen-bond acceptors (Lipinski definition) is 4. The molecule has 5 nitrogen and oxygen atoms in total. The molecule has 0 radical (unpaired) electrons. The van der Waals surface area contributed by atoms with Crippen LogP contribution >= 0.6 is 0 Å². The fourth-order valence-electron chi connectivity index (χ4n) is 2.67. The summed E-state index contributed by atoms with van der Waals surface area (Å²) in [4.78, 5) is 18.2. The molecule has 2 heterocycles. The van der Waals surface area contributed by atoms with Gasteiger partial charge in [0, 0.05) is 24.6 Å². The highest BCUT2D eigenvalue weighted by molar-refractivity contribution is 5.84. The van der Waals surface area contributed by atoms with Crippen LogP contribution in [-0.2, 0) is 17.9 Å². The lowest BCUT2D eigenvalue weighted by molar-refractivity contribution is 0.155. The second-order valence-corrected chi connectivity index (χ2v) is 5.74. The minimum atomic E-state index is -0.450. The fourth-order valence-corrected chi connectivity index (χ4v) is 2.67. The van der Waals surface area contributed by atoms with E-state index in [-0.39, 0.29) is 6.61 Å². The third-order valence-corrected chi connectivity index (χ3v) is 3.92. The van der Waals surface area contributed by atoms with Crippen molar-refractivity contribution in [1.29, 1.82) is 0 Å². The van der Waals surface area contributed by atoms with Crippen molar-refractivity contribution in [2.75, 3.05) is 18.4 Å². The first-order valence-electron chi connectivity index (χ1n) is 7.93. The lowest BCUT2D eigenvalue weighted by Gasteiger charge is -2.14. The predicted molar refractivity (Wildman–Crippen MR) is 89.0 cm³/mol. The first-order chi connectivity index (χ1) is 11.3. The molecule has 0 atom stereocenters. The average molecular weight is 311 g/mol. The average Bonchev–Trinajstić information content (AvgIpc) is 3.09. The van der Waals surface area contributed by atoms with Crippen molar-refractivity contribution in [1.82, 2.24) is 9.88 Å². The summed E-state index contributed by atoms with van der Waals surface area (Å²) in [7, 11) is 0. The van der Waals surface area contributed by atoms with Crippen LogP contribution in [0.15, 0.2) is 48.8 Å². The maximum Gasteiger partial charge on any atom is 0.411 e. The van der Waals surface area contributed by atoms with E-state index in [9.17, 15) is 4.79 Å². The van der Waals surface area contributed by atoms with Gasteiger partial charge in [0.2, 0.25) is 0 Å². The molecule has 5 heteroatoms. The number of nitrogens with zero attached hydrogens (tertiary/aromatic N) is 2. The fraction of sp³-hybridized carbons (Fsp3) is 0.333. The first kappa shape index (κ1) is 15.5. The Hall–Kier alpha value is -2.40. The second kappa shape index (κ2) is 7.74. The molecule has 1 amide bonds. The Morgan fingerprint density at radius 1 is 1.04 bits per heavy atom. The highest BCUT2D eigenvalue weighted by Gasteiger charge is 2.11. The molecule has 120 valence electrons. The number of nitrogens with one attached hydrogen (secondary N) is 1. The molecule has 1 aliphatic rings. The van der Waals surface area contributed by atoms with E-state index in [1.165, 1.54) is 31.5 Å². The molecule has 0 aliphatic carbocycles. The third kappa shape index (κ3) is 4.79. The molecule has 1 N–H and O–H groups in total. The summed E-state index contributed by atoms with van der Waals surface area (Å²) >= 11 is 0. The van der Waals surface area contributed by atoms with Gasteiger partial charge in [-0.25, -0.2) is 4.79 Å². The third-order valence-electron chi connectivity index (χ3n) is 3.92. The Labute approximate surface area is 136 Å². The normalized spacial score (nSPS) is 14.6. The van der Waals surface area contributed by atoms with Crippen LogP contribution in [0.25, 0.3) is 0 Å². The summed E-state index contributed by atoms with van der Waals surface area (Å²) in [6.45, 7) is 3.58. The van der Waals surface area contributed by atoms with Gasteiger partial charge in [0.05, 0.1) is 0 Å². The Bertz CT molecular complexity index is 622. The summed E-state index contributed by atoms with van der Waals surface area (Å²) in [6, 6.07) is 11.6. The zero-order valence-electron chi connectivity index (χ0n) is 13.1. The molecule has 1 aromatic heterocycles. The Balaban J connectivity index is 1.46. The van der Waals surface area contributed by atoms with Crippen molar-refractivity contribution in [2.45, 2.75) is 26.0 Å². The minimum Gasteiger partial charge on any atom is -0.444 e. The van der Waals surface area contributed by atoms with Crippen molar-refractivity contribution >= 4 is 11.8 Å². The largest absolute Gasteiger partial charge is 0.444 e. The molecule has 0 unspecified atom stereocenters. The van der Waals surface area contributed by atoms with Gasteiger partial charge in [0.1, 0.15) is 6.61 Å². The van der Waals surface area contributed by atoms with Crippen LogP contribution < -0.4 is 5.32 Å². The zero-order valence-corrected chi connectivity index (χ0v) is 13.1. The number of amides is 1. The number of rotatable bonds is 5. The lowest BCUT2D eigenvalue weighted by atomic mass is 10.2. The number of anilines is 1.